The van der Waals surface area contributed by atoms with E-state index >= 15 is 0 Å². The smallest absolute Gasteiger partial charge is 0.0674 e. The Kier molecular flexibility index (Phi) is 2.79. The monoisotopic (exact) mass is 274 g/mol. The number of aromatic nitrogens is 1. The molecule has 0 bridgehead atoms. The van der Waals surface area contributed by atoms with Gasteiger partial charge < -0.3 is 5.73 Å². The van der Waals surface area contributed by atoms with Crippen molar-refractivity contribution in [1.82, 2.24) is 4.98 Å². The maximum atomic E-state index is 6.94. The fourth-order valence-electron chi connectivity index (χ4n) is 3.66. The SMILES string of the molecule is NC1(c2cccc3cnccc23)CCCc2ccccc21. The van der Waals surface area contributed by atoms with E-state index < -0.39 is 5.54 Å². The molecule has 0 saturated carbocycles. The number of hydrogen-bond donors (Lipinski definition) is 1. The van der Waals surface area contributed by atoms with Crippen LogP contribution in [0.4, 0.5) is 0 Å². The van der Waals surface area contributed by atoms with Gasteiger partial charge in [-0.2, -0.15) is 0 Å². The minimum atomic E-state index is -0.393. The summed E-state index contributed by atoms with van der Waals surface area (Å²) in [7, 11) is 0. The Morgan fingerprint density at radius 1 is 0.952 bits per heavy atom. The second-order valence-corrected chi connectivity index (χ2v) is 5.88. The second-order valence-electron chi connectivity index (χ2n) is 5.88. The van der Waals surface area contributed by atoms with Gasteiger partial charge in [0, 0.05) is 17.8 Å². The van der Waals surface area contributed by atoms with Gasteiger partial charge in [0.2, 0.25) is 0 Å². The van der Waals surface area contributed by atoms with Gasteiger partial charge in [0.25, 0.3) is 0 Å². The van der Waals surface area contributed by atoms with E-state index in [1.807, 2.05) is 12.4 Å². The summed E-state index contributed by atoms with van der Waals surface area (Å²) in [6.45, 7) is 0. The molecule has 1 aliphatic rings. The molecule has 2 aromatic carbocycles. The maximum absolute atomic E-state index is 6.94. The van der Waals surface area contributed by atoms with Crippen molar-refractivity contribution in [1.29, 1.82) is 0 Å². The van der Waals surface area contributed by atoms with Crippen LogP contribution in [-0.2, 0) is 12.0 Å². The van der Waals surface area contributed by atoms with Crippen molar-refractivity contribution in [2.45, 2.75) is 24.8 Å². The molecule has 0 spiro atoms. The van der Waals surface area contributed by atoms with Gasteiger partial charge in [-0.25, -0.2) is 0 Å². The second kappa shape index (κ2) is 4.68. The van der Waals surface area contributed by atoms with Gasteiger partial charge in [-0.15, -0.1) is 0 Å². The molecule has 4 rings (SSSR count). The Morgan fingerprint density at radius 2 is 1.81 bits per heavy atom. The highest BCUT2D eigenvalue weighted by molar-refractivity contribution is 5.86. The first-order valence-electron chi connectivity index (χ1n) is 7.49. The van der Waals surface area contributed by atoms with E-state index in [0.717, 1.165) is 24.6 Å². The van der Waals surface area contributed by atoms with E-state index in [1.165, 1.54) is 22.1 Å². The topological polar surface area (TPSA) is 38.9 Å². The first-order valence-corrected chi connectivity index (χ1v) is 7.49. The summed E-state index contributed by atoms with van der Waals surface area (Å²) in [6, 6.07) is 17.0. The summed E-state index contributed by atoms with van der Waals surface area (Å²) in [4.78, 5) is 4.23. The maximum Gasteiger partial charge on any atom is 0.0674 e. The lowest BCUT2D eigenvalue weighted by Gasteiger charge is -2.37. The summed E-state index contributed by atoms with van der Waals surface area (Å²) in [5.41, 5.74) is 10.4. The van der Waals surface area contributed by atoms with E-state index in [4.69, 9.17) is 5.73 Å². The molecule has 0 fully saturated rings. The molecule has 0 radical (unpaired) electrons. The predicted octanol–water partition coefficient (Wildman–Crippen LogP) is 3.77. The third-order valence-electron chi connectivity index (χ3n) is 4.68. The zero-order chi connectivity index (χ0) is 14.3. The molecule has 1 heterocycles. The van der Waals surface area contributed by atoms with Crippen molar-refractivity contribution < 1.29 is 0 Å². The Labute approximate surface area is 124 Å². The van der Waals surface area contributed by atoms with Crippen LogP contribution in [0.25, 0.3) is 10.8 Å². The number of pyridine rings is 1. The normalized spacial score (nSPS) is 21.2. The van der Waals surface area contributed by atoms with Gasteiger partial charge in [-0.1, -0.05) is 42.5 Å². The molecule has 3 aromatic rings. The van der Waals surface area contributed by atoms with Gasteiger partial charge in [-0.3, -0.25) is 4.98 Å². The molecular formula is C19H18N2. The van der Waals surface area contributed by atoms with Crippen LogP contribution in [0, 0.1) is 0 Å². The first-order chi connectivity index (χ1) is 10.3. The summed E-state index contributed by atoms with van der Waals surface area (Å²) in [5, 5.41) is 2.37. The Morgan fingerprint density at radius 3 is 2.76 bits per heavy atom. The molecule has 1 aliphatic carbocycles. The van der Waals surface area contributed by atoms with Gasteiger partial charge >= 0.3 is 0 Å². The van der Waals surface area contributed by atoms with Crippen LogP contribution in [0.15, 0.2) is 60.9 Å². The number of benzene rings is 2. The molecule has 2 N–H and O–H groups in total. The molecule has 0 saturated heterocycles. The predicted molar refractivity (Wildman–Crippen MR) is 86.1 cm³/mol. The van der Waals surface area contributed by atoms with E-state index in [9.17, 15) is 0 Å². The van der Waals surface area contributed by atoms with Crippen LogP contribution in [0.5, 0.6) is 0 Å². The Hall–Kier alpha value is -2.19. The van der Waals surface area contributed by atoms with Crippen LogP contribution in [0.2, 0.25) is 0 Å². The number of aryl methyl sites for hydroxylation is 1. The fraction of sp³-hybridized carbons (Fsp3) is 0.211. The molecule has 2 heteroatoms. The van der Waals surface area contributed by atoms with Crippen LogP contribution >= 0.6 is 0 Å². The van der Waals surface area contributed by atoms with Crippen molar-refractivity contribution in [2.24, 2.45) is 5.73 Å². The van der Waals surface area contributed by atoms with E-state index in [2.05, 4.69) is 53.5 Å². The summed E-state index contributed by atoms with van der Waals surface area (Å²) >= 11 is 0. The van der Waals surface area contributed by atoms with E-state index in [0.29, 0.717) is 0 Å². The Bertz CT molecular complexity index is 804. The van der Waals surface area contributed by atoms with E-state index in [1.54, 1.807) is 0 Å². The average molecular weight is 274 g/mol. The van der Waals surface area contributed by atoms with Crippen molar-refractivity contribution in [3.8, 4) is 0 Å². The molecule has 0 amide bonds. The van der Waals surface area contributed by atoms with Crippen LogP contribution < -0.4 is 5.73 Å². The lowest BCUT2D eigenvalue weighted by atomic mass is 9.72. The van der Waals surface area contributed by atoms with Crippen LogP contribution in [-0.4, -0.2) is 4.98 Å². The van der Waals surface area contributed by atoms with E-state index in [-0.39, 0.29) is 0 Å². The average Bonchev–Trinajstić information content (AvgIpc) is 2.55. The molecule has 0 aliphatic heterocycles. The molecule has 1 unspecified atom stereocenters. The number of hydrogen-bond acceptors (Lipinski definition) is 2. The standard InChI is InChI=1S/C19H18N2/c20-19(11-4-7-14-5-1-2-8-17(14)19)18-9-3-6-15-13-21-12-10-16(15)18/h1-3,5-6,8-10,12-13H,4,7,11,20H2. The molecular weight excluding hydrogens is 256 g/mol. The Balaban J connectivity index is 2.01. The third kappa shape index (κ3) is 1.87. The largest absolute Gasteiger partial charge is 0.318 e. The zero-order valence-corrected chi connectivity index (χ0v) is 11.9. The number of nitrogens with two attached hydrogens (primary N) is 1. The van der Waals surface area contributed by atoms with Crippen molar-refractivity contribution in [2.75, 3.05) is 0 Å². The quantitative estimate of drug-likeness (QED) is 0.733. The summed E-state index contributed by atoms with van der Waals surface area (Å²) in [5.74, 6) is 0. The summed E-state index contributed by atoms with van der Waals surface area (Å²) in [6.07, 6.45) is 7.02. The number of fused-ring (bicyclic) bond motifs is 2. The number of nitrogens with zero attached hydrogens (tertiary/aromatic N) is 1. The molecule has 1 aromatic heterocycles. The highest BCUT2D eigenvalue weighted by atomic mass is 14.8. The minimum absolute atomic E-state index is 0.393. The summed E-state index contributed by atoms with van der Waals surface area (Å²) < 4.78 is 0. The van der Waals surface area contributed by atoms with Crippen molar-refractivity contribution in [3.05, 3.63) is 77.6 Å². The minimum Gasteiger partial charge on any atom is -0.318 e. The molecule has 1 atom stereocenters. The fourth-order valence-corrected chi connectivity index (χ4v) is 3.66. The lowest BCUT2D eigenvalue weighted by molar-refractivity contribution is 0.446. The third-order valence-corrected chi connectivity index (χ3v) is 4.68. The molecule has 104 valence electrons. The van der Waals surface area contributed by atoms with Crippen molar-refractivity contribution >= 4 is 10.8 Å². The highest BCUT2D eigenvalue weighted by Gasteiger charge is 2.35. The number of rotatable bonds is 1. The van der Waals surface area contributed by atoms with Gasteiger partial charge in [0.05, 0.1) is 5.54 Å². The molecule has 2 nitrogen and oxygen atoms in total. The highest BCUT2D eigenvalue weighted by Crippen LogP contribution is 2.40. The zero-order valence-electron chi connectivity index (χ0n) is 11.9. The molecule has 21 heavy (non-hydrogen) atoms. The first kappa shape index (κ1) is 12.5. The van der Waals surface area contributed by atoms with Gasteiger partial charge in [0.1, 0.15) is 0 Å². The lowest BCUT2D eigenvalue weighted by Crippen LogP contribution is -2.41. The van der Waals surface area contributed by atoms with Crippen molar-refractivity contribution in [3.63, 3.8) is 0 Å². The van der Waals surface area contributed by atoms with Crippen LogP contribution in [0.1, 0.15) is 29.5 Å². The van der Waals surface area contributed by atoms with Gasteiger partial charge in [-0.05, 0) is 47.4 Å². The van der Waals surface area contributed by atoms with Crippen LogP contribution in [0.3, 0.4) is 0 Å². The van der Waals surface area contributed by atoms with Gasteiger partial charge in [0.15, 0.2) is 0 Å².